The Bertz CT molecular complexity index is 566. The second-order valence-corrected chi connectivity index (χ2v) is 6.96. The summed E-state index contributed by atoms with van der Waals surface area (Å²) in [5, 5.41) is 3.51. The zero-order chi connectivity index (χ0) is 15.6. The van der Waals surface area contributed by atoms with Crippen LogP contribution in [0.3, 0.4) is 0 Å². The number of thioether (sulfide) groups is 1. The molecule has 1 unspecified atom stereocenters. The molecular weight excluding hydrogens is 331 g/mol. The first kappa shape index (κ1) is 16.5. The van der Waals surface area contributed by atoms with Gasteiger partial charge in [-0.25, -0.2) is 0 Å². The highest BCUT2D eigenvalue weighted by Crippen LogP contribution is 2.40. The predicted octanol–water partition coefficient (Wildman–Crippen LogP) is 3.09. The molecule has 1 aromatic carbocycles. The molecule has 2 amide bonds. The Labute approximate surface area is 138 Å². The molecule has 0 radical (unpaired) electrons. The Morgan fingerprint density at radius 2 is 2.14 bits per heavy atom. The molecule has 1 saturated heterocycles. The molecule has 1 aliphatic heterocycles. The van der Waals surface area contributed by atoms with Crippen molar-refractivity contribution in [1.82, 2.24) is 10.2 Å². The molecule has 7 heteroatoms. The second kappa shape index (κ2) is 6.90. The third kappa shape index (κ3) is 4.05. The molecule has 1 aliphatic rings. The van der Waals surface area contributed by atoms with Crippen LogP contribution in [0.1, 0.15) is 24.8 Å². The second-order valence-electron chi connectivity index (χ2n) is 5.08. The smallest absolute Gasteiger partial charge is 0.239 e. The first-order valence-electron chi connectivity index (χ1n) is 6.54. The summed E-state index contributed by atoms with van der Waals surface area (Å²) < 4.78 is 0. The lowest BCUT2D eigenvalue weighted by molar-refractivity contribution is -0.134. The van der Waals surface area contributed by atoms with Crippen LogP contribution in [0.2, 0.25) is 10.0 Å². The van der Waals surface area contributed by atoms with Gasteiger partial charge in [0.15, 0.2) is 0 Å². The number of carbonyl (C=O) groups is 2. The Morgan fingerprint density at radius 1 is 1.43 bits per heavy atom. The average Bonchev–Trinajstić information content (AvgIpc) is 2.74. The van der Waals surface area contributed by atoms with Crippen LogP contribution >= 0.6 is 35.0 Å². The fraction of sp³-hybridized carbons (Fsp3) is 0.429. The number of hydrogen-bond acceptors (Lipinski definition) is 3. The molecule has 1 N–H and O–H groups in total. The van der Waals surface area contributed by atoms with Gasteiger partial charge in [-0.15, -0.1) is 11.8 Å². The van der Waals surface area contributed by atoms with Crippen molar-refractivity contribution >= 4 is 46.8 Å². The normalized spacial score (nSPS) is 18.4. The number of carbonyl (C=O) groups excluding carboxylic acids is 2. The minimum atomic E-state index is -0.204. The predicted molar refractivity (Wildman–Crippen MR) is 86.7 cm³/mol. The monoisotopic (exact) mass is 346 g/mol. The van der Waals surface area contributed by atoms with Gasteiger partial charge in [-0.3, -0.25) is 9.59 Å². The molecule has 0 spiro atoms. The first-order valence-corrected chi connectivity index (χ1v) is 8.34. The molecule has 0 saturated carbocycles. The van der Waals surface area contributed by atoms with E-state index in [2.05, 4.69) is 5.32 Å². The lowest BCUT2D eigenvalue weighted by Crippen LogP contribution is -2.41. The fourth-order valence-corrected chi connectivity index (χ4v) is 3.57. The molecule has 2 rings (SSSR count). The molecule has 0 aliphatic carbocycles. The van der Waals surface area contributed by atoms with Crippen LogP contribution in [0.15, 0.2) is 18.2 Å². The number of nitrogens with one attached hydrogen (secondary N) is 1. The number of rotatable bonds is 4. The summed E-state index contributed by atoms with van der Waals surface area (Å²) in [5.74, 6) is 0.153. The van der Waals surface area contributed by atoms with E-state index in [0.29, 0.717) is 15.8 Å². The summed E-state index contributed by atoms with van der Waals surface area (Å²) in [4.78, 5) is 25.5. The highest BCUT2D eigenvalue weighted by Gasteiger charge is 2.34. The minimum absolute atomic E-state index is 0.0463. The van der Waals surface area contributed by atoms with Gasteiger partial charge in [-0.2, -0.15) is 0 Å². The number of amides is 2. The molecule has 1 fully saturated rings. The number of nitrogens with zero attached hydrogens (tertiary/aromatic N) is 1. The summed E-state index contributed by atoms with van der Waals surface area (Å²) in [6, 6.07) is 5.33. The fourth-order valence-electron chi connectivity index (χ4n) is 2.09. The van der Waals surface area contributed by atoms with E-state index < -0.39 is 0 Å². The number of halogens is 2. The molecule has 21 heavy (non-hydrogen) atoms. The molecule has 1 heterocycles. The topological polar surface area (TPSA) is 49.4 Å². The summed E-state index contributed by atoms with van der Waals surface area (Å²) in [5.41, 5.74) is 0.873. The van der Waals surface area contributed by atoms with Crippen LogP contribution in [0.25, 0.3) is 0 Å². The van der Waals surface area contributed by atoms with Gasteiger partial charge in [0.2, 0.25) is 11.8 Å². The highest BCUT2D eigenvalue weighted by atomic mass is 35.5. The van der Waals surface area contributed by atoms with Gasteiger partial charge in [0.05, 0.1) is 15.8 Å². The van der Waals surface area contributed by atoms with Gasteiger partial charge < -0.3 is 10.2 Å². The molecule has 1 atom stereocenters. The lowest BCUT2D eigenvalue weighted by atomic mass is 10.2. The Balaban J connectivity index is 2.16. The number of benzene rings is 1. The third-order valence-electron chi connectivity index (χ3n) is 2.96. The van der Waals surface area contributed by atoms with Gasteiger partial charge in [0.25, 0.3) is 0 Å². The maximum absolute atomic E-state index is 12.0. The van der Waals surface area contributed by atoms with Crippen molar-refractivity contribution in [2.24, 2.45) is 0 Å². The zero-order valence-corrected chi connectivity index (χ0v) is 14.1. The van der Waals surface area contributed by atoms with Crippen LogP contribution < -0.4 is 5.32 Å². The molecule has 4 nitrogen and oxygen atoms in total. The average molecular weight is 347 g/mol. The largest absolute Gasteiger partial charge is 0.352 e. The van der Waals surface area contributed by atoms with E-state index in [-0.39, 0.29) is 29.8 Å². The van der Waals surface area contributed by atoms with E-state index in [1.54, 1.807) is 17.0 Å². The minimum Gasteiger partial charge on any atom is -0.352 e. The van der Waals surface area contributed by atoms with Gasteiger partial charge in [-0.05, 0) is 31.5 Å². The maximum atomic E-state index is 12.0. The Hall–Kier alpha value is -0.910. The molecular formula is C14H16Cl2N2O2S. The van der Waals surface area contributed by atoms with Crippen molar-refractivity contribution in [2.45, 2.75) is 25.3 Å². The van der Waals surface area contributed by atoms with Crippen molar-refractivity contribution in [3.8, 4) is 0 Å². The van der Waals surface area contributed by atoms with E-state index in [1.807, 2.05) is 19.9 Å². The molecule has 1 aromatic rings. The first-order chi connectivity index (χ1) is 9.88. The summed E-state index contributed by atoms with van der Waals surface area (Å²) in [6.07, 6.45) is 0. The summed E-state index contributed by atoms with van der Waals surface area (Å²) in [7, 11) is 0. The van der Waals surface area contributed by atoms with Crippen molar-refractivity contribution in [3.63, 3.8) is 0 Å². The summed E-state index contributed by atoms with van der Waals surface area (Å²) in [6.45, 7) is 3.82. The van der Waals surface area contributed by atoms with E-state index in [9.17, 15) is 9.59 Å². The molecule has 0 bridgehead atoms. The van der Waals surface area contributed by atoms with Crippen LogP contribution in [0.5, 0.6) is 0 Å². The number of hydrogen-bond donors (Lipinski definition) is 1. The van der Waals surface area contributed by atoms with Gasteiger partial charge in [-0.1, -0.05) is 29.3 Å². The zero-order valence-electron chi connectivity index (χ0n) is 11.7. The molecule has 114 valence electrons. The van der Waals surface area contributed by atoms with Crippen molar-refractivity contribution < 1.29 is 9.59 Å². The van der Waals surface area contributed by atoms with Crippen molar-refractivity contribution in [3.05, 3.63) is 33.8 Å². The van der Waals surface area contributed by atoms with Crippen LogP contribution in [0.4, 0.5) is 0 Å². The van der Waals surface area contributed by atoms with E-state index in [1.165, 1.54) is 11.8 Å². The SMILES string of the molecule is CC(C)NC(=O)CN1C(=O)CSC1c1ccc(Cl)c(Cl)c1. The lowest BCUT2D eigenvalue weighted by Gasteiger charge is -2.24. The highest BCUT2D eigenvalue weighted by molar-refractivity contribution is 8.00. The van der Waals surface area contributed by atoms with Crippen molar-refractivity contribution in [2.75, 3.05) is 12.3 Å². The molecule has 0 aromatic heterocycles. The summed E-state index contributed by atoms with van der Waals surface area (Å²) >= 11 is 13.4. The Kier molecular flexibility index (Phi) is 5.41. The van der Waals surface area contributed by atoms with Crippen LogP contribution in [-0.2, 0) is 9.59 Å². The van der Waals surface area contributed by atoms with E-state index in [0.717, 1.165) is 5.56 Å². The Morgan fingerprint density at radius 3 is 2.76 bits per heavy atom. The van der Waals surface area contributed by atoms with E-state index in [4.69, 9.17) is 23.2 Å². The maximum Gasteiger partial charge on any atom is 0.239 e. The van der Waals surface area contributed by atoms with Crippen LogP contribution in [0, 0.1) is 0 Å². The van der Waals surface area contributed by atoms with Gasteiger partial charge >= 0.3 is 0 Å². The van der Waals surface area contributed by atoms with Crippen molar-refractivity contribution in [1.29, 1.82) is 0 Å². The standard InChI is InChI=1S/C14H16Cl2N2O2S/c1-8(2)17-12(19)6-18-13(20)7-21-14(18)9-3-4-10(15)11(16)5-9/h3-5,8,14H,6-7H2,1-2H3,(H,17,19). The van der Waals surface area contributed by atoms with Gasteiger partial charge in [0, 0.05) is 6.04 Å². The quantitative estimate of drug-likeness (QED) is 0.911. The van der Waals surface area contributed by atoms with Gasteiger partial charge in [0.1, 0.15) is 11.9 Å². The van der Waals surface area contributed by atoms with Crippen LogP contribution in [-0.4, -0.2) is 35.1 Å². The third-order valence-corrected chi connectivity index (χ3v) is 4.96. The van der Waals surface area contributed by atoms with E-state index >= 15 is 0 Å².